The Labute approximate surface area is 69.0 Å². The van der Waals surface area contributed by atoms with Crippen molar-refractivity contribution >= 4 is 38.3 Å². The van der Waals surface area contributed by atoms with Gasteiger partial charge in [-0.25, -0.2) is 0 Å². The standard InChI is InChI=1S/C3H8ClS.3CH3.Sn/c1-5(2,3)4;;;;/h1H2,2-3H3;3*1H3;. The molecule has 0 saturated heterocycles. The van der Waals surface area contributed by atoms with Gasteiger partial charge >= 0.3 is 69.4 Å². The number of hydrogen-bond donors (Lipinski definition) is 0. The molecule has 58 valence electrons. The van der Waals surface area contributed by atoms with E-state index in [1.165, 1.54) is 3.77 Å². The van der Waals surface area contributed by atoms with Gasteiger partial charge in [0.15, 0.2) is 0 Å². The van der Waals surface area contributed by atoms with Crippen molar-refractivity contribution in [3.05, 3.63) is 0 Å². The molecule has 0 amide bonds. The summed E-state index contributed by atoms with van der Waals surface area (Å²) in [6.45, 7) is 0. The summed E-state index contributed by atoms with van der Waals surface area (Å²) in [6, 6.07) is 0. The Kier molecular flexibility index (Phi) is 3.74. The van der Waals surface area contributed by atoms with Gasteiger partial charge in [0.25, 0.3) is 0 Å². The monoisotopic (exact) mass is 276 g/mol. The summed E-state index contributed by atoms with van der Waals surface area (Å²) in [4.78, 5) is 7.31. The Morgan fingerprint density at radius 1 is 1.22 bits per heavy atom. The van der Waals surface area contributed by atoms with Gasteiger partial charge in [-0.15, -0.1) is 0 Å². The van der Waals surface area contributed by atoms with Crippen LogP contribution < -0.4 is 0 Å². The van der Waals surface area contributed by atoms with Gasteiger partial charge in [-0.3, -0.25) is 0 Å². The van der Waals surface area contributed by atoms with Crippen LogP contribution in [-0.4, -0.2) is 34.7 Å². The Morgan fingerprint density at radius 3 is 1.56 bits per heavy atom. The minimum absolute atomic E-state index is 0.716. The van der Waals surface area contributed by atoms with E-state index in [0.717, 1.165) is 0 Å². The van der Waals surface area contributed by atoms with E-state index >= 15 is 0 Å². The third-order valence-corrected chi connectivity index (χ3v) is 17.8. The first-order valence-corrected chi connectivity index (χ1v) is 17.1. The van der Waals surface area contributed by atoms with Crippen LogP contribution in [0.2, 0.25) is 14.8 Å². The van der Waals surface area contributed by atoms with Crippen LogP contribution in [0.25, 0.3) is 0 Å². The molecule has 0 radical (unpaired) electrons. The van der Waals surface area contributed by atoms with Crippen molar-refractivity contribution in [3.63, 3.8) is 0 Å². The molecule has 0 saturated carbocycles. The fourth-order valence-corrected chi connectivity index (χ4v) is 27.3. The van der Waals surface area contributed by atoms with Gasteiger partial charge in [0.05, 0.1) is 0 Å². The first kappa shape index (κ1) is 10.4. The van der Waals surface area contributed by atoms with E-state index in [9.17, 15) is 0 Å². The Balaban J connectivity index is 3.75. The molecule has 0 aromatic carbocycles. The molecule has 0 heterocycles. The molecule has 3 heteroatoms. The molecule has 9 heavy (non-hydrogen) atoms. The molecule has 0 bridgehead atoms. The average Bonchev–Trinajstić information content (AvgIpc) is 1.14. The Bertz CT molecular complexity index is 78.2. The number of halogens is 1. The van der Waals surface area contributed by atoms with E-state index in [4.69, 9.17) is 10.7 Å². The van der Waals surface area contributed by atoms with Gasteiger partial charge < -0.3 is 0 Å². The number of rotatable bonds is 2. The second-order valence-electron chi connectivity index (χ2n) is 4.11. The average molecular weight is 275 g/mol. The van der Waals surface area contributed by atoms with Gasteiger partial charge in [0.2, 0.25) is 0 Å². The first-order chi connectivity index (χ1) is 3.71. The third kappa shape index (κ3) is 9.44. The van der Waals surface area contributed by atoms with E-state index < -0.39 is 27.6 Å². The quantitative estimate of drug-likeness (QED) is 0.679. The topological polar surface area (TPSA) is 0 Å². The fourth-order valence-electron chi connectivity index (χ4n) is 1.03. The van der Waals surface area contributed by atoms with Crippen molar-refractivity contribution in [2.45, 2.75) is 14.8 Å². The molecule has 0 unspecified atom stereocenters. The maximum atomic E-state index is 6.15. The van der Waals surface area contributed by atoms with E-state index in [0.29, 0.717) is 0 Å². The summed E-state index contributed by atoms with van der Waals surface area (Å²) in [5, 5.41) is 0. The summed E-state index contributed by atoms with van der Waals surface area (Å²) >= 11 is -1.54. The predicted octanol–water partition coefficient (Wildman–Crippen LogP) is 3.08. The van der Waals surface area contributed by atoms with Crippen LogP contribution >= 0.6 is 19.9 Å². The van der Waals surface area contributed by atoms with Crippen LogP contribution in [0.15, 0.2) is 0 Å². The summed E-state index contributed by atoms with van der Waals surface area (Å²) in [6.07, 6.45) is 4.38. The van der Waals surface area contributed by atoms with E-state index in [2.05, 4.69) is 27.3 Å². The molecule has 0 spiro atoms. The van der Waals surface area contributed by atoms with Crippen molar-refractivity contribution in [3.8, 4) is 0 Å². The maximum absolute atomic E-state index is 6.15. The van der Waals surface area contributed by atoms with Crippen molar-refractivity contribution in [2.24, 2.45) is 0 Å². The van der Waals surface area contributed by atoms with Crippen LogP contribution in [0.5, 0.6) is 0 Å². The van der Waals surface area contributed by atoms with Gasteiger partial charge in [-0.1, -0.05) is 0 Å². The summed E-state index contributed by atoms with van der Waals surface area (Å²) in [7, 11) is 5.44. The molecule has 0 fully saturated rings. The first-order valence-electron chi connectivity index (χ1n) is 3.11. The van der Waals surface area contributed by atoms with Crippen LogP contribution in [0, 0.1) is 0 Å². The van der Waals surface area contributed by atoms with Crippen LogP contribution in [0.4, 0.5) is 0 Å². The zero-order valence-electron chi connectivity index (χ0n) is 6.99. The van der Waals surface area contributed by atoms with E-state index in [-0.39, 0.29) is 0 Å². The Morgan fingerprint density at radius 2 is 1.56 bits per heavy atom. The van der Waals surface area contributed by atoms with Crippen LogP contribution in [-0.2, 0) is 0 Å². The summed E-state index contributed by atoms with van der Waals surface area (Å²) in [5.74, 6) is 0. The molecule has 0 aliphatic heterocycles. The molecule has 0 N–H and O–H groups in total. The third-order valence-electron chi connectivity index (χ3n) is 0.776. The number of hydrogen-bond acceptors (Lipinski definition) is 0. The van der Waals surface area contributed by atoms with Crippen LogP contribution in [0.3, 0.4) is 0 Å². The summed E-state index contributed by atoms with van der Waals surface area (Å²) < 4.78 is 1.35. The van der Waals surface area contributed by atoms with Gasteiger partial charge in [-0.2, -0.15) is 0 Å². The molecule has 0 rings (SSSR count). The second-order valence-corrected chi connectivity index (χ2v) is 26.8. The SMILES string of the molecule is CS(C)(Cl)[CH2][Sn]([CH3])([CH3])[CH3]. The molecule has 0 nitrogen and oxygen atoms in total. The second kappa shape index (κ2) is 3.22. The molecule has 0 aliphatic rings. The molecule has 0 aromatic rings. The molecule has 0 aromatic heterocycles. The molecular weight excluding hydrogens is 258 g/mol. The summed E-state index contributed by atoms with van der Waals surface area (Å²) in [5.41, 5.74) is 0. The van der Waals surface area contributed by atoms with Crippen LogP contribution in [0.1, 0.15) is 0 Å². The minimum atomic E-state index is -1.54. The van der Waals surface area contributed by atoms with E-state index in [1.807, 2.05) is 0 Å². The normalized spacial score (nSPS) is 15.8. The van der Waals surface area contributed by atoms with Gasteiger partial charge in [-0.05, 0) is 0 Å². The molecular formula is C6H17ClSSn. The van der Waals surface area contributed by atoms with Crippen molar-refractivity contribution in [1.82, 2.24) is 0 Å². The molecule has 0 aliphatic carbocycles. The Hall–Kier alpha value is 1.44. The van der Waals surface area contributed by atoms with Gasteiger partial charge in [0, 0.05) is 0 Å². The van der Waals surface area contributed by atoms with E-state index in [1.54, 1.807) is 0 Å². The van der Waals surface area contributed by atoms with Gasteiger partial charge in [0.1, 0.15) is 0 Å². The van der Waals surface area contributed by atoms with Crippen molar-refractivity contribution in [1.29, 1.82) is 0 Å². The fraction of sp³-hybridized carbons (Fsp3) is 1.00. The predicted molar refractivity (Wildman–Crippen MR) is 53.5 cm³/mol. The zero-order valence-corrected chi connectivity index (χ0v) is 11.4. The van der Waals surface area contributed by atoms with Crippen molar-refractivity contribution < 1.29 is 0 Å². The molecule has 0 atom stereocenters. The van der Waals surface area contributed by atoms with Crippen molar-refractivity contribution in [2.75, 3.05) is 16.3 Å². The zero-order chi connectivity index (χ0) is 7.71.